The molecular weight excluding hydrogens is 296 g/mol. The lowest BCUT2D eigenvalue weighted by Gasteiger charge is -2.48. The number of carbonyl (C=O) groups excluding carboxylic acids is 2. The van der Waals surface area contributed by atoms with Gasteiger partial charge in [-0.25, -0.2) is 0 Å². The van der Waals surface area contributed by atoms with Crippen molar-refractivity contribution in [3.05, 3.63) is 35.2 Å². The lowest BCUT2D eigenvalue weighted by molar-refractivity contribution is -0.120. The Hall–Kier alpha value is -1.72. The number of piperidine rings is 3. The average molecular weight is 314 g/mol. The van der Waals surface area contributed by atoms with Crippen molar-refractivity contribution >= 4 is 33.1 Å². The van der Waals surface area contributed by atoms with Crippen molar-refractivity contribution in [3.8, 4) is 0 Å². The molecule has 0 aliphatic carbocycles. The summed E-state index contributed by atoms with van der Waals surface area (Å²) in [6.07, 6.45) is 2.86. The molecule has 5 heteroatoms. The fourth-order valence-electron chi connectivity index (χ4n) is 3.59. The molecule has 0 unspecified atom stereocenters. The number of nitrogens with one attached hydrogen (secondary N) is 1. The van der Waals surface area contributed by atoms with Crippen LogP contribution in [0, 0.1) is 0 Å². The minimum absolute atomic E-state index is 0.159. The number of nitrogens with zero attached hydrogens (tertiary/aromatic N) is 1. The number of hydrogen-bond acceptors (Lipinski definition) is 4. The maximum atomic E-state index is 12.5. The Kier molecular flexibility index (Phi) is 3.27. The second kappa shape index (κ2) is 5.18. The summed E-state index contributed by atoms with van der Waals surface area (Å²) in [5.41, 5.74) is 0.371. The Morgan fingerprint density at radius 1 is 1.09 bits per heavy atom. The minimum Gasteiger partial charge on any atom is -0.344 e. The minimum atomic E-state index is -0.445. The second-order valence-corrected chi connectivity index (χ2v) is 7.21. The van der Waals surface area contributed by atoms with Gasteiger partial charge in [0.2, 0.25) is 0 Å². The zero-order valence-corrected chi connectivity index (χ0v) is 13.1. The van der Waals surface area contributed by atoms with E-state index in [9.17, 15) is 9.59 Å². The fraction of sp³-hybridized carbons (Fsp3) is 0.412. The van der Waals surface area contributed by atoms with Crippen LogP contribution >= 0.6 is 11.3 Å². The summed E-state index contributed by atoms with van der Waals surface area (Å²) >= 11 is 1.51. The first-order valence-electron chi connectivity index (χ1n) is 7.72. The van der Waals surface area contributed by atoms with Crippen LogP contribution in [-0.2, 0) is 4.79 Å². The quantitative estimate of drug-likeness (QED) is 0.699. The Bertz CT molecular complexity index is 730. The van der Waals surface area contributed by atoms with Gasteiger partial charge in [0, 0.05) is 46.2 Å². The molecule has 4 nitrogen and oxygen atoms in total. The Morgan fingerprint density at radius 3 is 2.50 bits per heavy atom. The van der Waals surface area contributed by atoms with Crippen LogP contribution in [0.4, 0.5) is 0 Å². The van der Waals surface area contributed by atoms with Crippen LogP contribution in [0.2, 0.25) is 0 Å². The van der Waals surface area contributed by atoms with Crippen LogP contribution in [0.15, 0.2) is 29.6 Å². The maximum absolute atomic E-state index is 12.5. The molecule has 1 aromatic carbocycles. The number of Topliss-reactive ketones (excluding diaryl/α,β-unsaturated/α-hetero) is 1. The van der Waals surface area contributed by atoms with E-state index >= 15 is 0 Å². The molecule has 1 amide bonds. The van der Waals surface area contributed by atoms with Gasteiger partial charge in [0.05, 0.1) is 0 Å². The Balaban J connectivity index is 1.56. The summed E-state index contributed by atoms with van der Waals surface area (Å²) in [6, 6.07) is 7.73. The molecule has 0 spiro atoms. The standard InChI is InChI=1S/C17H18N2O2S/c20-15(13-11-22-14-4-2-1-3-12(13)14)16(21)18-17-5-8-19(9-6-17)10-7-17/h1-4,11H,5-10H2,(H,18,21). The van der Waals surface area contributed by atoms with Gasteiger partial charge < -0.3 is 10.2 Å². The van der Waals surface area contributed by atoms with Crippen molar-refractivity contribution in [1.82, 2.24) is 10.2 Å². The third-order valence-corrected chi connectivity index (χ3v) is 5.99. The Morgan fingerprint density at radius 2 is 1.77 bits per heavy atom. The summed E-state index contributed by atoms with van der Waals surface area (Å²) in [7, 11) is 0. The number of ketones is 1. The average Bonchev–Trinajstić information content (AvgIpc) is 2.99. The predicted octanol–water partition coefficient (Wildman–Crippen LogP) is 2.44. The van der Waals surface area contributed by atoms with Crippen molar-refractivity contribution in [2.75, 3.05) is 19.6 Å². The number of rotatable bonds is 3. The van der Waals surface area contributed by atoms with Gasteiger partial charge in [-0.2, -0.15) is 0 Å². The number of amides is 1. The van der Waals surface area contributed by atoms with Crippen LogP contribution < -0.4 is 5.32 Å². The first-order valence-corrected chi connectivity index (χ1v) is 8.60. The van der Waals surface area contributed by atoms with E-state index in [2.05, 4.69) is 10.2 Å². The van der Waals surface area contributed by atoms with Crippen molar-refractivity contribution in [3.63, 3.8) is 0 Å². The van der Waals surface area contributed by atoms with Crippen LogP contribution in [0.25, 0.3) is 10.1 Å². The van der Waals surface area contributed by atoms with Gasteiger partial charge in [-0.1, -0.05) is 18.2 Å². The lowest BCUT2D eigenvalue weighted by atomic mass is 9.80. The van der Waals surface area contributed by atoms with Gasteiger partial charge in [0.1, 0.15) is 0 Å². The Labute approximate surface area is 133 Å². The molecule has 3 aliphatic rings. The SMILES string of the molecule is O=C(NC12CCN(CC1)CC2)C(=O)c1csc2ccccc12. The molecule has 2 aromatic rings. The van der Waals surface area contributed by atoms with E-state index in [1.165, 1.54) is 11.3 Å². The zero-order valence-electron chi connectivity index (χ0n) is 12.3. The number of hydrogen-bond donors (Lipinski definition) is 1. The predicted molar refractivity (Wildman–Crippen MR) is 87.3 cm³/mol. The molecule has 2 bridgehead atoms. The highest BCUT2D eigenvalue weighted by molar-refractivity contribution is 7.17. The third-order valence-electron chi connectivity index (χ3n) is 5.03. The number of carbonyl (C=O) groups is 2. The molecule has 4 heterocycles. The molecule has 1 aromatic heterocycles. The second-order valence-electron chi connectivity index (χ2n) is 6.30. The normalized spacial score (nSPS) is 27.0. The highest BCUT2D eigenvalue weighted by atomic mass is 32.1. The van der Waals surface area contributed by atoms with Gasteiger partial charge >= 0.3 is 0 Å². The van der Waals surface area contributed by atoms with Crippen molar-refractivity contribution < 1.29 is 9.59 Å². The topological polar surface area (TPSA) is 49.4 Å². The molecule has 3 aliphatic heterocycles. The highest BCUT2D eigenvalue weighted by Gasteiger charge is 2.41. The highest BCUT2D eigenvalue weighted by Crippen LogP contribution is 2.32. The molecule has 22 heavy (non-hydrogen) atoms. The van der Waals surface area contributed by atoms with Crippen LogP contribution in [-0.4, -0.2) is 41.8 Å². The van der Waals surface area contributed by atoms with E-state index in [-0.39, 0.29) is 5.54 Å². The van der Waals surface area contributed by atoms with Gasteiger partial charge in [-0.3, -0.25) is 9.59 Å². The fourth-order valence-corrected chi connectivity index (χ4v) is 4.53. The van der Waals surface area contributed by atoms with Crippen LogP contribution in [0.3, 0.4) is 0 Å². The monoisotopic (exact) mass is 314 g/mol. The third kappa shape index (κ3) is 2.25. The van der Waals surface area contributed by atoms with Crippen LogP contribution in [0.1, 0.15) is 29.6 Å². The van der Waals surface area contributed by atoms with Crippen LogP contribution in [0.5, 0.6) is 0 Å². The van der Waals surface area contributed by atoms with E-state index in [0.29, 0.717) is 5.56 Å². The number of benzene rings is 1. The van der Waals surface area contributed by atoms with Gasteiger partial charge in [0.25, 0.3) is 11.7 Å². The summed E-state index contributed by atoms with van der Waals surface area (Å²) < 4.78 is 1.04. The molecule has 0 radical (unpaired) electrons. The van der Waals surface area contributed by atoms with Gasteiger partial charge in [-0.15, -0.1) is 11.3 Å². The molecule has 3 fully saturated rings. The molecule has 0 saturated carbocycles. The first-order chi connectivity index (χ1) is 10.7. The number of thiophene rings is 1. The van der Waals surface area contributed by atoms with Gasteiger partial charge in [0.15, 0.2) is 0 Å². The van der Waals surface area contributed by atoms with E-state index < -0.39 is 11.7 Å². The van der Waals surface area contributed by atoms with E-state index in [0.717, 1.165) is 49.0 Å². The first kappa shape index (κ1) is 13.9. The van der Waals surface area contributed by atoms with Crippen molar-refractivity contribution in [2.24, 2.45) is 0 Å². The molecule has 1 N–H and O–H groups in total. The lowest BCUT2D eigenvalue weighted by Crippen LogP contribution is -2.61. The summed E-state index contributed by atoms with van der Waals surface area (Å²) in [4.78, 5) is 27.4. The van der Waals surface area contributed by atoms with Crippen molar-refractivity contribution in [1.29, 1.82) is 0 Å². The summed E-state index contributed by atoms with van der Waals surface area (Å²) in [6.45, 7) is 3.07. The summed E-state index contributed by atoms with van der Waals surface area (Å²) in [5, 5.41) is 5.74. The maximum Gasteiger partial charge on any atom is 0.292 e. The van der Waals surface area contributed by atoms with E-state index in [1.807, 2.05) is 24.3 Å². The molecular formula is C17H18N2O2S. The number of fused-ring (bicyclic) bond motifs is 4. The van der Waals surface area contributed by atoms with E-state index in [4.69, 9.17) is 0 Å². The van der Waals surface area contributed by atoms with Crippen molar-refractivity contribution in [2.45, 2.75) is 24.8 Å². The molecule has 0 atom stereocenters. The van der Waals surface area contributed by atoms with Gasteiger partial charge in [-0.05, 0) is 25.3 Å². The smallest absolute Gasteiger partial charge is 0.292 e. The zero-order chi connectivity index (χ0) is 15.2. The molecule has 3 saturated heterocycles. The summed E-state index contributed by atoms with van der Waals surface area (Å²) in [5.74, 6) is -0.848. The largest absolute Gasteiger partial charge is 0.344 e. The van der Waals surface area contributed by atoms with E-state index in [1.54, 1.807) is 5.38 Å². The molecule has 5 rings (SSSR count). The molecule has 114 valence electrons.